The molecule has 0 spiro atoms. The van der Waals surface area contributed by atoms with E-state index in [1.807, 2.05) is 42.5 Å². The number of nitrogens with two attached hydrogens (primary N) is 1. The third-order valence-electron chi connectivity index (χ3n) is 3.56. The van der Waals surface area contributed by atoms with E-state index in [1.165, 1.54) is 0 Å². The molecule has 0 radical (unpaired) electrons. The summed E-state index contributed by atoms with van der Waals surface area (Å²) in [5.41, 5.74) is 8.05. The zero-order valence-electron chi connectivity index (χ0n) is 10.7. The van der Waals surface area contributed by atoms with E-state index >= 15 is 0 Å². The Morgan fingerprint density at radius 1 is 1.11 bits per heavy atom. The second-order valence-corrected chi connectivity index (χ2v) is 5.11. The number of phenols is 1. The molecule has 1 aliphatic rings. The maximum Gasteiger partial charge on any atom is 0.161 e. The number of hydrogen-bond acceptors (Lipinski definition) is 3. The van der Waals surface area contributed by atoms with Crippen molar-refractivity contribution in [2.24, 2.45) is 5.73 Å². The molecule has 0 unspecified atom stereocenters. The van der Waals surface area contributed by atoms with Crippen molar-refractivity contribution in [2.75, 3.05) is 0 Å². The van der Waals surface area contributed by atoms with Crippen LogP contribution in [0.4, 0.5) is 0 Å². The van der Waals surface area contributed by atoms with Crippen LogP contribution in [0.25, 0.3) is 0 Å². The Labute approximate surface area is 112 Å². The standard InChI is InChI=1S/C16H17NO2/c17-16(8-9-16)13-6-7-14(18)15(10-13)19-11-12-4-2-1-3-5-12/h1-7,10,18H,8-9,11,17H2. The summed E-state index contributed by atoms with van der Waals surface area (Å²) in [6, 6.07) is 15.3. The van der Waals surface area contributed by atoms with Gasteiger partial charge in [-0.2, -0.15) is 0 Å². The van der Waals surface area contributed by atoms with Gasteiger partial charge in [0.1, 0.15) is 6.61 Å². The van der Waals surface area contributed by atoms with Gasteiger partial charge in [-0.25, -0.2) is 0 Å². The lowest BCUT2D eigenvalue weighted by molar-refractivity contribution is 0.288. The van der Waals surface area contributed by atoms with Crippen LogP contribution in [-0.2, 0) is 12.1 Å². The van der Waals surface area contributed by atoms with Gasteiger partial charge in [0.05, 0.1) is 0 Å². The third kappa shape index (κ3) is 2.56. The van der Waals surface area contributed by atoms with Crippen LogP contribution < -0.4 is 10.5 Å². The Hall–Kier alpha value is -2.00. The average molecular weight is 255 g/mol. The minimum Gasteiger partial charge on any atom is -0.504 e. The first-order valence-electron chi connectivity index (χ1n) is 6.46. The van der Waals surface area contributed by atoms with Crippen molar-refractivity contribution in [1.29, 1.82) is 0 Å². The molecule has 3 nitrogen and oxygen atoms in total. The summed E-state index contributed by atoms with van der Waals surface area (Å²) >= 11 is 0. The van der Waals surface area contributed by atoms with E-state index in [4.69, 9.17) is 10.5 Å². The number of hydrogen-bond donors (Lipinski definition) is 2. The first kappa shape index (κ1) is 12.1. The number of aromatic hydroxyl groups is 1. The van der Waals surface area contributed by atoms with Gasteiger partial charge in [0, 0.05) is 5.54 Å². The maximum absolute atomic E-state index is 9.83. The van der Waals surface area contributed by atoms with E-state index < -0.39 is 0 Å². The van der Waals surface area contributed by atoms with Crippen LogP contribution >= 0.6 is 0 Å². The molecule has 0 bridgehead atoms. The zero-order valence-corrected chi connectivity index (χ0v) is 10.7. The quantitative estimate of drug-likeness (QED) is 0.883. The number of phenolic OH excluding ortho intramolecular Hbond substituents is 1. The lowest BCUT2D eigenvalue weighted by Gasteiger charge is -2.13. The van der Waals surface area contributed by atoms with E-state index in [1.54, 1.807) is 6.07 Å². The molecule has 0 amide bonds. The first-order chi connectivity index (χ1) is 9.17. The summed E-state index contributed by atoms with van der Waals surface area (Å²) < 4.78 is 5.68. The summed E-state index contributed by atoms with van der Waals surface area (Å²) in [4.78, 5) is 0. The molecule has 1 saturated carbocycles. The van der Waals surface area contributed by atoms with Crippen LogP contribution in [-0.4, -0.2) is 5.11 Å². The van der Waals surface area contributed by atoms with Crippen molar-refractivity contribution in [3.05, 3.63) is 59.7 Å². The predicted molar refractivity (Wildman–Crippen MR) is 74.0 cm³/mol. The molecule has 98 valence electrons. The van der Waals surface area contributed by atoms with Gasteiger partial charge in [0.15, 0.2) is 11.5 Å². The molecule has 3 N–H and O–H groups in total. The molecule has 0 saturated heterocycles. The Balaban J connectivity index is 1.77. The van der Waals surface area contributed by atoms with Gasteiger partial charge in [0.25, 0.3) is 0 Å². The third-order valence-corrected chi connectivity index (χ3v) is 3.56. The highest BCUT2D eigenvalue weighted by molar-refractivity contribution is 5.45. The van der Waals surface area contributed by atoms with Crippen molar-refractivity contribution >= 4 is 0 Å². The Morgan fingerprint density at radius 2 is 1.84 bits per heavy atom. The summed E-state index contributed by atoms with van der Waals surface area (Å²) in [7, 11) is 0. The van der Waals surface area contributed by atoms with E-state index in [0.29, 0.717) is 12.4 Å². The first-order valence-corrected chi connectivity index (χ1v) is 6.46. The minimum atomic E-state index is -0.210. The number of ether oxygens (including phenoxy) is 1. The molecule has 0 aliphatic heterocycles. The minimum absolute atomic E-state index is 0.156. The summed E-state index contributed by atoms with van der Waals surface area (Å²) in [5, 5.41) is 9.83. The smallest absolute Gasteiger partial charge is 0.161 e. The van der Waals surface area contributed by atoms with Crippen LogP contribution in [0.5, 0.6) is 11.5 Å². The normalized spacial score (nSPS) is 16.1. The summed E-state index contributed by atoms with van der Waals surface area (Å²) in [6.45, 7) is 0.440. The Morgan fingerprint density at radius 3 is 2.53 bits per heavy atom. The van der Waals surface area contributed by atoms with Crippen molar-refractivity contribution in [2.45, 2.75) is 25.0 Å². The molecule has 2 aromatic rings. The monoisotopic (exact) mass is 255 g/mol. The highest BCUT2D eigenvalue weighted by Gasteiger charge is 2.40. The molecule has 2 aromatic carbocycles. The van der Waals surface area contributed by atoms with Crippen molar-refractivity contribution in [3.63, 3.8) is 0 Å². The lowest BCUT2D eigenvalue weighted by atomic mass is 10.1. The summed E-state index contributed by atoms with van der Waals surface area (Å²) in [6.07, 6.45) is 1.99. The number of benzene rings is 2. The Kier molecular flexibility index (Phi) is 2.91. The van der Waals surface area contributed by atoms with Crippen LogP contribution in [0, 0.1) is 0 Å². The zero-order chi connectivity index (χ0) is 13.3. The summed E-state index contributed by atoms with van der Waals surface area (Å²) in [5.74, 6) is 0.655. The molecule has 3 rings (SSSR count). The molecular weight excluding hydrogens is 238 g/mol. The number of rotatable bonds is 4. The van der Waals surface area contributed by atoms with E-state index in [-0.39, 0.29) is 11.3 Å². The fourth-order valence-electron chi connectivity index (χ4n) is 2.10. The molecule has 0 aromatic heterocycles. The van der Waals surface area contributed by atoms with Crippen molar-refractivity contribution < 1.29 is 9.84 Å². The maximum atomic E-state index is 9.83. The highest BCUT2D eigenvalue weighted by atomic mass is 16.5. The van der Waals surface area contributed by atoms with Crippen LogP contribution in [0.2, 0.25) is 0 Å². The van der Waals surface area contributed by atoms with E-state index in [2.05, 4.69) is 0 Å². The van der Waals surface area contributed by atoms with Gasteiger partial charge in [-0.15, -0.1) is 0 Å². The molecular formula is C16H17NO2. The van der Waals surface area contributed by atoms with Gasteiger partial charge in [-0.1, -0.05) is 36.4 Å². The predicted octanol–water partition coefficient (Wildman–Crippen LogP) is 2.92. The molecule has 0 heterocycles. The fraction of sp³-hybridized carbons (Fsp3) is 0.250. The molecule has 1 fully saturated rings. The molecule has 0 atom stereocenters. The Bertz CT molecular complexity index is 577. The van der Waals surface area contributed by atoms with Crippen LogP contribution in [0.1, 0.15) is 24.0 Å². The van der Waals surface area contributed by atoms with E-state index in [9.17, 15) is 5.11 Å². The van der Waals surface area contributed by atoms with E-state index in [0.717, 1.165) is 24.0 Å². The van der Waals surface area contributed by atoms with Gasteiger partial charge in [-0.3, -0.25) is 0 Å². The van der Waals surface area contributed by atoms with Gasteiger partial charge in [-0.05, 0) is 36.1 Å². The van der Waals surface area contributed by atoms with Crippen LogP contribution in [0.15, 0.2) is 48.5 Å². The van der Waals surface area contributed by atoms with Gasteiger partial charge in [0.2, 0.25) is 0 Å². The van der Waals surface area contributed by atoms with Crippen molar-refractivity contribution in [3.8, 4) is 11.5 Å². The lowest BCUT2D eigenvalue weighted by Crippen LogP contribution is -2.18. The topological polar surface area (TPSA) is 55.5 Å². The molecule has 3 heteroatoms. The van der Waals surface area contributed by atoms with Crippen molar-refractivity contribution in [1.82, 2.24) is 0 Å². The average Bonchev–Trinajstić information content (AvgIpc) is 3.18. The molecule has 1 aliphatic carbocycles. The van der Waals surface area contributed by atoms with Gasteiger partial charge < -0.3 is 15.6 Å². The molecule has 19 heavy (non-hydrogen) atoms. The van der Waals surface area contributed by atoms with Gasteiger partial charge >= 0.3 is 0 Å². The largest absolute Gasteiger partial charge is 0.504 e. The second kappa shape index (κ2) is 4.59. The SMILES string of the molecule is NC1(c2ccc(O)c(OCc3ccccc3)c2)CC1. The van der Waals surface area contributed by atoms with Crippen LogP contribution in [0.3, 0.4) is 0 Å². The highest BCUT2D eigenvalue weighted by Crippen LogP contribution is 2.44. The second-order valence-electron chi connectivity index (χ2n) is 5.11. The fourth-order valence-corrected chi connectivity index (χ4v) is 2.10.